The highest BCUT2D eigenvalue weighted by atomic mass is 32.2. The Morgan fingerprint density at radius 1 is 1.06 bits per heavy atom. The maximum Gasteiger partial charge on any atom is 0.227 e. The van der Waals surface area contributed by atoms with Crippen molar-refractivity contribution in [1.82, 2.24) is 20.3 Å². The van der Waals surface area contributed by atoms with Crippen LogP contribution in [0.3, 0.4) is 0 Å². The Morgan fingerprint density at radius 3 is 2.59 bits per heavy atom. The zero-order valence-electron chi connectivity index (χ0n) is 18.1. The largest absolute Gasteiger partial charge is 0.375 e. The van der Waals surface area contributed by atoms with Gasteiger partial charge in [0.25, 0.3) is 0 Å². The third-order valence-corrected chi connectivity index (χ3v) is 8.19. The Labute approximate surface area is 201 Å². The van der Waals surface area contributed by atoms with Crippen molar-refractivity contribution < 1.29 is 8.42 Å². The minimum Gasteiger partial charge on any atom is -0.375 e. The minimum absolute atomic E-state index is 0.282. The van der Waals surface area contributed by atoms with E-state index >= 15 is 0 Å². The molecule has 5 rings (SSSR count). The molecule has 0 unspecified atom stereocenters. The van der Waals surface area contributed by atoms with Gasteiger partial charge in [-0.25, -0.2) is 23.4 Å². The molecule has 0 saturated heterocycles. The molecule has 1 aliphatic rings. The standard InChI is InChI=1S/C24H22N6O2S2/c25-23-30-22-17(2-1-3-21(22)33-23)5-4-16-14-27-24(28-15-16)29-18-6-8-19(9-7-18)34(31,32)20-10-12-26-13-11-20/h1-10,14-15,26H,11-13H2,(H2,25,30)(H,27,28,29)/b5-4+. The number of nitrogens with one attached hydrogen (secondary N) is 2. The third-order valence-electron chi connectivity index (χ3n) is 5.38. The Morgan fingerprint density at radius 2 is 1.85 bits per heavy atom. The summed E-state index contributed by atoms with van der Waals surface area (Å²) in [6.07, 6.45) is 9.55. The zero-order chi connectivity index (χ0) is 23.5. The number of aromatic nitrogens is 3. The number of nitrogen functional groups attached to an aromatic ring is 1. The summed E-state index contributed by atoms with van der Waals surface area (Å²) in [7, 11) is -3.46. The van der Waals surface area contributed by atoms with Gasteiger partial charge < -0.3 is 16.4 Å². The van der Waals surface area contributed by atoms with Gasteiger partial charge in [0.2, 0.25) is 15.8 Å². The Kier molecular flexibility index (Phi) is 6.10. The molecule has 4 aromatic rings. The van der Waals surface area contributed by atoms with Gasteiger partial charge >= 0.3 is 0 Å². The van der Waals surface area contributed by atoms with E-state index in [2.05, 4.69) is 25.6 Å². The van der Waals surface area contributed by atoms with E-state index in [0.29, 0.717) is 41.2 Å². The van der Waals surface area contributed by atoms with E-state index in [1.165, 1.54) is 11.3 Å². The molecular weight excluding hydrogens is 468 g/mol. The van der Waals surface area contributed by atoms with E-state index in [1.807, 2.05) is 30.4 Å². The van der Waals surface area contributed by atoms with Crippen molar-refractivity contribution in [2.75, 3.05) is 24.1 Å². The van der Waals surface area contributed by atoms with Crippen LogP contribution in [-0.2, 0) is 9.84 Å². The lowest BCUT2D eigenvalue weighted by Gasteiger charge is -2.14. The van der Waals surface area contributed by atoms with Crippen LogP contribution in [0, 0.1) is 0 Å². The van der Waals surface area contributed by atoms with Crippen LogP contribution in [0.1, 0.15) is 17.5 Å². The van der Waals surface area contributed by atoms with Crippen molar-refractivity contribution >= 4 is 60.3 Å². The van der Waals surface area contributed by atoms with Gasteiger partial charge in [0, 0.05) is 47.2 Å². The van der Waals surface area contributed by atoms with Crippen LogP contribution >= 0.6 is 11.3 Å². The number of thiazole rings is 1. The van der Waals surface area contributed by atoms with E-state index in [4.69, 9.17) is 5.73 Å². The molecule has 0 bridgehead atoms. The van der Waals surface area contributed by atoms with Crippen molar-refractivity contribution in [3.63, 3.8) is 0 Å². The highest BCUT2D eigenvalue weighted by molar-refractivity contribution is 7.95. The van der Waals surface area contributed by atoms with Crippen molar-refractivity contribution in [3.8, 4) is 0 Å². The van der Waals surface area contributed by atoms with E-state index in [9.17, 15) is 8.42 Å². The SMILES string of the molecule is Nc1nc2c(/C=C/c3cnc(Nc4ccc(S(=O)(=O)C5=CCNCC5)cc4)nc3)cccc2s1. The lowest BCUT2D eigenvalue weighted by molar-refractivity contribution is 0.596. The van der Waals surface area contributed by atoms with Crippen LogP contribution in [0.25, 0.3) is 22.4 Å². The quantitative estimate of drug-likeness (QED) is 0.367. The molecule has 0 spiro atoms. The second kappa shape index (κ2) is 9.34. The first-order chi connectivity index (χ1) is 16.5. The molecule has 2 aromatic heterocycles. The number of para-hydroxylation sites is 1. The first kappa shape index (κ1) is 22.2. The van der Waals surface area contributed by atoms with Crippen molar-refractivity contribution in [1.29, 1.82) is 0 Å². The highest BCUT2D eigenvalue weighted by Gasteiger charge is 2.21. The molecule has 0 atom stereocenters. The number of fused-ring (bicyclic) bond motifs is 1. The summed E-state index contributed by atoms with van der Waals surface area (Å²) in [6, 6.07) is 12.6. The van der Waals surface area contributed by atoms with Crippen LogP contribution in [0.15, 0.2) is 70.7 Å². The fourth-order valence-electron chi connectivity index (χ4n) is 3.64. The van der Waals surface area contributed by atoms with E-state index < -0.39 is 9.84 Å². The van der Waals surface area contributed by atoms with Gasteiger partial charge in [-0.15, -0.1) is 0 Å². The predicted molar refractivity (Wildman–Crippen MR) is 137 cm³/mol. The average molecular weight is 491 g/mol. The van der Waals surface area contributed by atoms with E-state index in [0.717, 1.165) is 21.3 Å². The minimum atomic E-state index is -3.46. The van der Waals surface area contributed by atoms with Crippen LogP contribution in [0.5, 0.6) is 0 Å². The molecule has 0 radical (unpaired) electrons. The number of nitrogens with zero attached hydrogens (tertiary/aromatic N) is 3. The summed E-state index contributed by atoms with van der Waals surface area (Å²) >= 11 is 1.46. The van der Waals surface area contributed by atoms with E-state index in [1.54, 1.807) is 42.7 Å². The molecule has 8 nitrogen and oxygen atoms in total. The number of rotatable bonds is 6. The van der Waals surface area contributed by atoms with Crippen molar-refractivity contribution in [2.24, 2.45) is 0 Å². The monoisotopic (exact) mass is 490 g/mol. The molecule has 2 aromatic carbocycles. The number of sulfone groups is 1. The summed E-state index contributed by atoms with van der Waals surface area (Å²) in [5.74, 6) is 0.420. The summed E-state index contributed by atoms with van der Waals surface area (Å²) in [5.41, 5.74) is 9.22. The number of benzene rings is 2. The van der Waals surface area contributed by atoms with Gasteiger partial charge in [-0.2, -0.15) is 0 Å². The van der Waals surface area contributed by atoms with Crippen molar-refractivity contribution in [3.05, 3.63) is 77.0 Å². The van der Waals surface area contributed by atoms with Crippen LogP contribution in [-0.4, -0.2) is 36.5 Å². The van der Waals surface area contributed by atoms with Gasteiger partial charge in [0.15, 0.2) is 5.13 Å². The summed E-state index contributed by atoms with van der Waals surface area (Å²) in [4.78, 5) is 13.9. The Balaban J connectivity index is 1.27. The fraction of sp³-hybridized carbons (Fsp3) is 0.125. The first-order valence-corrected chi connectivity index (χ1v) is 13.0. The van der Waals surface area contributed by atoms with Crippen molar-refractivity contribution in [2.45, 2.75) is 11.3 Å². The highest BCUT2D eigenvalue weighted by Crippen LogP contribution is 2.28. The second-order valence-corrected chi connectivity index (χ2v) is 10.8. The molecule has 34 heavy (non-hydrogen) atoms. The maximum absolute atomic E-state index is 12.8. The first-order valence-electron chi connectivity index (χ1n) is 10.7. The van der Waals surface area contributed by atoms with Crippen LogP contribution in [0.2, 0.25) is 0 Å². The Bertz CT molecular complexity index is 1490. The lowest BCUT2D eigenvalue weighted by atomic mass is 10.1. The molecule has 0 amide bonds. The number of anilines is 3. The molecule has 0 saturated carbocycles. The Hall–Kier alpha value is -3.60. The van der Waals surface area contributed by atoms with Crippen LogP contribution in [0.4, 0.5) is 16.8 Å². The fourth-order valence-corrected chi connectivity index (χ4v) is 5.88. The number of hydrogen-bond donors (Lipinski definition) is 3. The molecule has 0 fully saturated rings. The second-order valence-electron chi connectivity index (χ2n) is 7.70. The smallest absolute Gasteiger partial charge is 0.227 e. The van der Waals surface area contributed by atoms with Gasteiger partial charge in [-0.1, -0.05) is 41.7 Å². The van der Waals surface area contributed by atoms with Gasteiger partial charge in [-0.05, 0) is 36.8 Å². The topological polar surface area (TPSA) is 123 Å². The number of hydrogen-bond acceptors (Lipinski definition) is 9. The van der Waals surface area contributed by atoms with E-state index in [-0.39, 0.29) is 4.90 Å². The van der Waals surface area contributed by atoms with Gasteiger partial charge in [0.1, 0.15) is 0 Å². The molecule has 0 aliphatic carbocycles. The van der Waals surface area contributed by atoms with Gasteiger partial charge in [-0.3, -0.25) is 0 Å². The molecule has 3 heterocycles. The third kappa shape index (κ3) is 4.69. The number of nitrogens with two attached hydrogens (primary N) is 1. The molecule has 1 aliphatic heterocycles. The zero-order valence-corrected chi connectivity index (χ0v) is 19.7. The van der Waals surface area contributed by atoms with Crippen LogP contribution < -0.4 is 16.4 Å². The summed E-state index contributed by atoms with van der Waals surface area (Å²) in [5, 5.41) is 6.77. The maximum atomic E-state index is 12.8. The van der Waals surface area contributed by atoms with Gasteiger partial charge in [0.05, 0.1) is 15.1 Å². The summed E-state index contributed by atoms with van der Waals surface area (Å²) in [6.45, 7) is 1.24. The summed E-state index contributed by atoms with van der Waals surface area (Å²) < 4.78 is 26.6. The molecule has 4 N–H and O–H groups in total. The molecule has 172 valence electrons. The lowest BCUT2D eigenvalue weighted by Crippen LogP contribution is -2.23. The normalized spacial score (nSPS) is 14.4. The predicted octanol–water partition coefficient (Wildman–Crippen LogP) is 4.23. The average Bonchev–Trinajstić information content (AvgIpc) is 3.25. The molecular formula is C24H22N6O2S2. The molecule has 10 heteroatoms.